The van der Waals surface area contributed by atoms with Crippen molar-refractivity contribution in [1.29, 1.82) is 0 Å². The first-order valence-corrected chi connectivity index (χ1v) is 6.64. The highest BCUT2D eigenvalue weighted by Crippen LogP contribution is 2.05. The Morgan fingerprint density at radius 2 is 2.31 bits per heavy atom. The molecule has 4 nitrogen and oxygen atoms in total. The zero-order chi connectivity index (χ0) is 9.73. The van der Waals surface area contributed by atoms with Crippen LogP contribution in [-0.4, -0.2) is 46.2 Å². The van der Waals surface area contributed by atoms with E-state index in [1.54, 1.807) is 0 Å². The number of piperidine rings is 1. The van der Waals surface area contributed by atoms with Gasteiger partial charge in [-0.1, -0.05) is 0 Å². The third-order valence-corrected chi connectivity index (χ3v) is 2.97. The zero-order valence-corrected chi connectivity index (χ0v) is 8.77. The molecule has 1 N–H and O–H groups in total. The van der Waals surface area contributed by atoms with E-state index in [-0.39, 0.29) is 11.9 Å². The molecule has 0 aliphatic carbocycles. The van der Waals surface area contributed by atoms with Gasteiger partial charge < -0.3 is 10.1 Å². The summed E-state index contributed by atoms with van der Waals surface area (Å²) >= 11 is 0. The van der Waals surface area contributed by atoms with Crippen molar-refractivity contribution in [2.24, 2.45) is 0 Å². The lowest BCUT2D eigenvalue weighted by Gasteiger charge is -2.22. The Hall–Kier alpha value is -0.130. The van der Waals surface area contributed by atoms with Crippen LogP contribution in [0.25, 0.3) is 0 Å². The largest absolute Gasteiger partial charge is 0.376 e. The molecule has 0 saturated carbocycles. The third kappa shape index (κ3) is 5.23. The van der Waals surface area contributed by atoms with Crippen molar-refractivity contribution in [2.75, 3.05) is 31.7 Å². The number of rotatable bonds is 4. The van der Waals surface area contributed by atoms with Crippen LogP contribution < -0.4 is 5.32 Å². The van der Waals surface area contributed by atoms with Gasteiger partial charge in [-0.2, -0.15) is 0 Å². The van der Waals surface area contributed by atoms with Gasteiger partial charge in [0.15, 0.2) is 0 Å². The summed E-state index contributed by atoms with van der Waals surface area (Å²) in [5.74, 6) is 0.128. The fraction of sp³-hybridized carbons (Fsp3) is 1.00. The van der Waals surface area contributed by atoms with Gasteiger partial charge in [-0.05, 0) is 19.4 Å². The van der Waals surface area contributed by atoms with Crippen molar-refractivity contribution < 1.29 is 13.2 Å². The van der Waals surface area contributed by atoms with Crippen LogP contribution in [0.2, 0.25) is 0 Å². The molecule has 1 fully saturated rings. The number of nitrogens with one attached hydrogen (secondary N) is 1. The Morgan fingerprint density at radius 1 is 1.54 bits per heavy atom. The molecule has 1 rings (SSSR count). The second kappa shape index (κ2) is 4.93. The fourth-order valence-electron chi connectivity index (χ4n) is 1.33. The average molecular weight is 207 g/mol. The van der Waals surface area contributed by atoms with E-state index in [1.807, 2.05) is 0 Å². The zero-order valence-electron chi connectivity index (χ0n) is 7.95. The quantitative estimate of drug-likeness (QED) is 0.693. The van der Waals surface area contributed by atoms with E-state index in [4.69, 9.17) is 4.74 Å². The maximum atomic E-state index is 10.8. The van der Waals surface area contributed by atoms with Gasteiger partial charge in [-0.3, -0.25) is 0 Å². The van der Waals surface area contributed by atoms with E-state index in [0.717, 1.165) is 25.9 Å². The van der Waals surface area contributed by atoms with E-state index in [0.29, 0.717) is 6.61 Å². The first kappa shape index (κ1) is 10.9. The van der Waals surface area contributed by atoms with E-state index < -0.39 is 9.84 Å². The standard InChI is InChI=1S/C8H17NO3S/c1-13(10,11)6-5-12-8-3-2-4-9-7-8/h8-9H,2-7H2,1H3/t8-/m0/s1. The molecule has 0 aromatic carbocycles. The summed E-state index contributed by atoms with van der Waals surface area (Å²) in [5.41, 5.74) is 0. The molecule has 0 aromatic heterocycles. The van der Waals surface area contributed by atoms with Crippen LogP contribution in [0.1, 0.15) is 12.8 Å². The summed E-state index contributed by atoms with van der Waals surface area (Å²) in [6.07, 6.45) is 3.59. The molecule has 0 amide bonds. The van der Waals surface area contributed by atoms with Crippen LogP contribution >= 0.6 is 0 Å². The molecule has 0 aromatic rings. The second-order valence-electron chi connectivity index (χ2n) is 3.47. The topological polar surface area (TPSA) is 55.4 Å². The molecule has 0 spiro atoms. The smallest absolute Gasteiger partial charge is 0.149 e. The third-order valence-electron chi connectivity index (χ3n) is 2.06. The molecule has 1 aliphatic rings. The van der Waals surface area contributed by atoms with Crippen LogP contribution in [0.5, 0.6) is 0 Å². The van der Waals surface area contributed by atoms with Gasteiger partial charge >= 0.3 is 0 Å². The van der Waals surface area contributed by atoms with E-state index in [9.17, 15) is 8.42 Å². The molecule has 5 heteroatoms. The fourth-order valence-corrected chi connectivity index (χ4v) is 1.73. The minimum absolute atomic E-state index is 0.128. The summed E-state index contributed by atoms with van der Waals surface area (Å²) in [4.78, 5) is 0. The van der Waals surface area contributed by atoms with Crippen LogP contribution in [0, 0.1) is 0 Å². The number of sulfone groups is 1. The monoisotopic (exact) mass is 207 g/mol. The molecule has 1 heterocycles. The Kier molecular flexibility index (Phi) is 4.15. The number of hydrogen-bond donors (Lipinski definition) is 1. The summed E-state index contributed by atoms with van der Waals surface area (Å²) in [5, 5.41) is 3.21. The highest BCUT2D eigenvalue weighted by molar-refractivity contribution is 7.90. The van der Waals surface area contributed by atoms with Gasteiger partial charge in [0.2, 0.25) is 0 Å². The first-order chi connectivity index (χ1) is 6.08. The van der Waals surface area contributed by atoms with Gasteiger partial charge in [0, 0.05) is 12.8 Å². The summed E-state index contributed by atoms with van der Waals surface area (Å²) in [7, 11) is -2.87. The lowest BCUT2D eigenvalue weighted by Crippen LogP contribution is -2.36. The second-order valence-corrected chi connectivity index (χ2v) is 5.73. The minimum atomic E-state index is -2.87. The van der Waals surface area contributed by atoms with E-state index >= 15 is 0 Å². The maximum absolute atomic E-state index is 10.8. The lowest BCUT2D eigenvalue weighted by molar-refractivity contribution is 0.0469. The highest BCUT2D eigenvalue weighted by atomic mass is 32.2. The molecule has 0 unspecified atom stereocenters. The molecular formula is C8H17NO3S. The van der Waals surface area contributed by atoms with Gasteiger partial charge in [-0.15, -0.1) is 0 Å². The van der Waals surface area contributed by atoms with Crippen molar-refractivity contribution in [3.05, 3.63) is 0 Å². The molecule has 1 saturated heterocycles. The van der Waals surface area contributed by atoms with Crippen molar-refractivity contribution in [2.45, 2.75) is 18.9 Å². The molecule has 0 radical (unpaired) electrons. The molecule has 78 valence electrons. The van der Waals surface area contributed by atoms with Crippen molar-refractivity contribution in [3.63, 3.8) is 0 Å². The molecule has 1 atom stereocenters. The predicted molar refractivity (Wildman–Crippen MR) is 51.6 cm³/mol. The van der Waals surface area contributed by atoms with E-state index in [1.165, 1.54) is 6.26 Å². The van der Waals surface area contributed by atoms with Gasteiger partial charge in [-0.25, -0.2) is 8.42 Å². The van der Waals surface area contributed by atoms with Gasteiger partial charge in [0.25, 0.3) is 0 Å². The summed E-state index contributed by atoms with van der Waals surface area (Å²) < 4.78 is 27.0. The van der Waals surface area contributed by atoms with Crippen LogP contribution in [0.3, 0.4) is 0 Å². The highest BCUT2D eigenvalue weighted by Gasteiger charge is 2.13. The SMILES string of the molecule is CS(=O)(=O)CCO[C@H]1CCCNC1. The first-order valence-electron chi connectivity index (χ1n) is 4.58. The number of hydrogen-bond acceptors (Lipinski definition) is 4. The average Bonchev–Trinajstić information content (AvgIpc) is 2.04. The van der Waals surface area contributed by atoms with E-state index in [2.05, 4.69) is 5.32 Å². The minimum Gasteiger partial charge on any atom is -0.376 e. The van der Waals surface area contributed by atoms with Crippen LogP contribution in [0.15, 0.2) is 0 Å². The summed E-state index contributed by atoms with van der Waals surface area (Å²) in [6, 6.07) is 0. The Labute approximate surface area is 79.6 Å². The Balaban J connectivity index is 2.11. The number of ether oxygens (including phenoxy) is 1. The van der Waals surface area contributed by atoms with Crippen molar-refractivity contribution in [3.8, 4) is 0 Å². The predicted octanol–water partition coefficient (Wildman–Crippen LogP) is -0.200. The van der Waals surface area contributed by atoms with Crippen molar-refractivity contribution >= 4 is 9.84 Å². The Bertz CT molecular complexity index is 232. The molecule has 0 bridgehead atoms. The van der Waals surface area contributed by atoms with Crippen LogP contribution in [-0.2, 0) is 14.6 Å². The van der Waals surface area contributed by atoms with Crippen LogP contribution in [0.4, 0.5) is 0 Å². The maximum Gasteiger partial charge on any atom is 0.149 e. The normalized spacial score (nSPS) is 24.5. The summed E-state index contributed by atoms with van der Waals surface area (Å²) in [6.45, 7) is 2.22. The molecular weight excluding hydrogens is 190 g/mol. The molecule has 13 heavy (non-hydrogen) atoms. The van der Waals surface area contributed by atoms with Crippen molar-refractivity contribution in [1.82, 2.24) is 5.32 Å². The van der Waals surface area contributed by atoms with Gasteiger partial charge in [0.1, 0.15) is 9.84 Å². The van der Waals surface area contributed by atoms with Gasteiger partial charge in [0.05, 0.1) is 18.5 Å². The Morgan fingerprint density at radius 3 is 2.85 bits per heavy atom. The molecule has 1 aliphatic heterocycles. The lowest BCUT2D eigenvalue weighted by atomic mass is 10.1.